The number of rotatable bonds is 4. The van der Waals surface area contributed by atoms with E-state index in [4.69, 9.17) is 10.00 Å². The molecule has 0 atom stereocenters. The molecule has 1 heterocycles. The van der Waals surface area contributed by atoms with Gasteiger partial charge in [0.15, 0.2) is 0 Å². The van der Waals surface area contributed by atoms with Gasteiger partial charge in [-0.25, -0.2) is 4.98 Å². The molecule has 0 unspecified atom stereocenters. The zero-order valence-corrected chi connectivity index (χ0v) is 9.78. The number of aromatic nitrogens is 1. The first-order valence-electron chi connectivity index (χ1n) is 5.59. The number of benzene rings is 1. The van der Waals surface area contributed by atoms with Crippen LogP contribution in [0.15, 0.2) is 54.7 Å². The molecule has 88 valence electrons. The Kier molecular flexibility index (Phi) is 4.10. The second-order valence-electron chi connectivity index (χ2n) is 3.61. The summed E-state index contributed by atoms with van der Waals surface area (Å²) < 4.78 is 5.49. The molecule has 0 aliphatic carbocycles. The first kappa shape index (κ1) is 11.9. The largest absolute Gasteiger partial charge is 0.489 e. The van der Waals surface area contributed by atoms with Crippen molar-refractivity contribution in [3.05, 3.63) is 66.0 Å². The first-order valence-corrected chi connectivity index (χ1v) is 5.59. The minimum Gasteiger partial charge on any atom is -0.489 e. The number of nitriles is 1. The van der Waals surface area contributed by atoms with E-state index in [0.717, 1.165) is 5.56 Å². The van der Waals surface area contributed by atoms with Crippen molar-refractivity contribution >= 4 is 6.08 Å². The van der Waals surface area contributed by atoms with Gasteiger partial charge in [-0.3, -0.25) is 0 Å². The van der Waals surface area contributed by atoms with Crippen molar-refractivity contribution in [2.24, 2.45) is 0 Å². The van der Waals surface area contributed by atoms with Gasteiger partial charge in [-0.05, 0) is 17.7 Å². The van der Waals surface area contributed by atoms with Gasteiger partial charge >= 0.3 is 0 Å². The van der Waals surface area contributed by atoms with E-state index < -0.39 is 0 Å². The predicted molar refractivity (Wildman–Crippen MR) is 69.9 cm³/mol. The molecule has 3 heteroatoms. The molecule has 2 rings (SSSR count). The maximum absolute atomic E-state index is 8.70. The van der Waals surface area contributed by atoms with Crippen LogP contribution in [-0.4, -0.2) is 11.6 Å². The maximum Gasteiger partial charge on any atom is 0.144 e. The van der Waals surface area contributed by atoms with Crippen molar-refractivity contribution < 1.29 is 4.74 Å². The molecule has 0 saturated heterocycles. The van der Waals surface area contributed by atoms with Gasteiger partial charge in [0.05, 0.1) is 0 Å². The van der Waals surface area contributed by atoms with Crippen molar-refractivity contribution in [1.82, 2.24) is 4.98 Å². The fourth-order valence-electron chi connectivity index (χ4n) is 1.45. The van der Waals surface area contributed by atoms with Gasteiger partial charge in [0, 0.05) is 12.3 Å². The molecule has 1 aromatic heterocycles. The molecule has 2 aromatic rings. The third-order valence-electron chi connectivity index (χ3n) is 2.30. The Morgan fingerprint density at radius 1 is 1.22 bits per heavy atom. The zero-order chi connectivity index (χ0) is 12.6. The van der Waals surface area contributed by atoms with E-state index in [9.17, 15) is 0 Å². The Morgan fingerprint density at radius 2 is 2.06 bits per heavy atom. The van der Waals surface area contributed by atoms with Crippen LogP contribution < -0.4 is 4.74 Å². The van der Waals surface area contributed by atoms with Crippen LogP contribution in [0.25, 0.3) is 6.08 Å². The summed E-state index contributed by atoms with van der Waals surface area (Å²) in [4.78, 5) is 3.87. The fraction of sp³-hybridized carbons (Fsp3) is 0.0667. The summed E-state index contributed by atoms with van der Waals surface area (Å²) in [6.45, 7) is 0.462. The topological polar surface area (TPSA) is 45.9 Å². The predicted octanol–water partition coefficient (Wildman–Crippen LogP) is 3.05. The van der Waals surface area contributed by atoms with Gasteiger partial charge in [0.2, 0.25) is 0 Å². The van der Waals surface area contributed by atoms with Gasteiger partial charge in [0.25, 0.3) is 0 Å². The summed E-state index contributed by atoms with van der Waals surface area (Å²) in [6.07, 6.45) is 5.49. The molecule has 0 radical (unpaired) electrons. The SMILES string of the molecule is N#Cc1cc(OCC=Cc2ccccc2)ccn1. The second-order valence-corrected chi connectivity index (χ2v) is 3.61. The molecule has 0 amide bonds. The van der Waals surface area contributed by atoms with Crippen LogP contribution in [0.4, 0.5) is 0 Å². The minimum atomic E-state index is 0.361. The van der Waals surface area contributed by atoms with Crippen molar-refractivity contribution in [2.45, 2.75) is 0 Å². The molecule has 0 spiro atoms. The normalized spacial score (nSPS) is 10.2. The van der Waals surface area contributed by atoms with E-state index in [0.29, 0.717) is 18.1 Å². The van der Waals surface area contributed by atoms with E-state index in [1.807, 2.05) is 48.6 Å². The molecule has 18 heavy (non-hydrogen) atoms. The molecular weight excluding hydrogens is 224 g/mol. The van der Waals surface area contributed by atoms with Crippen molar-refractivity contribution in [3.63, 3.8) is 0 Å². The van der Waals surface area contributed by atoms with Crippen LogP contribution in [-0.2, 0) is 0 Å². The van der Waals surface area contributed by atoms with E-state index in [1.165, 1.54) is 0 Å². The molecule has 0 fully saturated rings. The van der Waals surface area contributed by atoms with E-state index in [-0.39, 0.29) is 0 Å². The van der Waals surface area contributed by atoms with Gasteiger partial charge < -0.3 is 4.74 Å². The van der Waals surface area contributed by atoms with E-state index >= 15 is 0 Å². The molecule has 1 aromatic carbocycles. The Balaban J connectivity index is 1.89. The first-order chi connectivity index (χ1) is 8.88. The van der Waals surface area contributed by atoms with Gasteiger partial charge in [-0.1, -0.05) is 36.4 Å². The summed E-state index contributed by atoms with van der Waals surface area (Å²) in [5.74, 6) is 0.652. The highest BCUT2D eigenvalue weighted by Gasteiger charge is 1.95. The molecule has 3 nitrogen and oxygen atoms in total. The third-order valence-corrected chi connectivity index (χ3v) is 2.30. The Hall–Kier alpha value is -2.60. The molecule has 0 aliphatic heterocycles. The summed E-state index contributed by atoms with van der Waals surface area (Å²) in [6, 6.07) is 15.3. The molecule has 0 bridgehead atoms. The van der Waals surface area contributed by atoms with Crippen LogP contribution in [0.3, 0.4) is 0 Å². The van der Waals surface area contributed by atoms with Gasteiger partial charge in [-0.2, -0.15) is 5.26 Å². The van der Waals surface area contributed by atoms with Crippen LogP contribution >= 0.6 is 0 Å². The van der Waals surface area contributed by atoms with Crippen molar-refractivity contribution in [3.8, 4) is 11.8 Å². The summed E-state index contributed by atoms with van der Waals surface area (Å²) >= 11 is 0. The number of ether oxygens (including phenoxy) is 1. The highest BCUT2D eigenvalue weighted by Crippen LogP contribution is 2.10. The van der Waals surface area contributed by atoms with Gasteiger partial charge in [-0.15, -0.1) is 0 Å². The minimum absolute atomic E-state index is 0.361. The van der Waals surface area contributed by atoms with Crippen LogP contribution in [0, 0.1) is 11.3 Å². The Bertz CT molecular complexity index is 571. The monoisotopic (exact) mass is 236 g/mol. The third kappa shape index (κ3) is 3.46. The number of pyridine rings is 1. The second kappa shape index (κ2) is 6.21. The smallest absolute Gasteiger partial charge is 0.144 e. The van der Waals surface area contributed by atoms with Crippen molar-refractivity contribution in [1.29, 1.82) is 5.26 Å². The van der Waals surface area contributed by atoms with Crippen LogP contribution in [0.1, 0.15) is 11.3 Å². The molecule has 0 saturated carbocycles. The highest BCUT2D eigenvalue weighted by molar-refractivity contribution is 5.48. The molecular formula is C15H12N2O. The lowest BCUT2D eigenvalue weighted by atomic mass is 10.2. The fourth-order valence-corrected chi connectivity index (χ4v) is 1.45. The zero-order valence-electron chi connectivity index (χ0n) is 9.78. The lowest BCUT2D eigenvalue weighted by Crippen LogP contribution is -1.94. The van der Waals surface area contributed by atoms with Crippen molar-refractivity contribution in [2.75, 3.05) is 6.61 Å². The standard InChI is InChI=1S/C15H12N2O/c16-12-14-11-15(8-9-17-14)18-10-4-7-13-5-2-1-3-6-13/h1-9,11H,10H2. The molecule has 0 N–H and O–H groups in total. The summed E-state index contributed by atoms with van der Waals surface area (Å²) in [5.41, 5.74) is 1.49. The Labute approximate surface area is 106 Å². The maximum atomic E-state index is 8.70. The highest BCUT2D eigenvalue weighted by atomic mass is 16.5. The lowest BCUT2D eigenvalue weighted by Gasteiger charge is -2.02. The molecule has 0 aliphatic rings. The van der Waals surface area contributed by atoms with Crippen LogP contribution in [0.5, 0.6) is 5.75 Å². The Morgan fingerprint density at radius 3 is 2.83 bits per heavy atom. The van der Waals surface area contributed by atoms with E-state index in [1.54, 1.807) is 18.3 Å². The average molecular weight is 236 g/mol. The van der Waals surface area contributed by atoms with E-state index in [2.05, 4.69) is 4.98 Å². The summed E-state index contributed by atoms with van der Waals surface area (Å²) in [5, 5.41) is 8.70. The number of hydrogen-bond acceptors (Lipinski definition) is 3. The van der Waals surface area contributed by atoms with Crippen LogP contribution in [0.2, 0.25) is 0 Å². The quantitative estimate of drug-likeness (QED) is 0.819. The lowest BCUT2D eigenvalue weighted by molar-refractivity contribution is 0.363. The number of hydrogen-bond donors (Lipinski definition) is 0. The van der Waals surface area contributed by atoms with Gasteiger partial charge in [0.1, 0.15) is 24.1 Å². The summed E-state index contributed by atoms with van der Waals surface area (Å²) in [7, 11) is 0. The average Bonchev–Trinajstić information content (AvgIpc) is 2.45. The number of nitrogens with zero attached hydrogens (tertiary/aromatic N) is 2.